The fourth-order valence-corrected chi connectivity index (χ4v) is 3.26. The molecular formula is C16H21ClFNO2. The van der Waals surface area contributed by atoms with E-state index < -0.39 is 5.97 Å². The number of piperidine rings is 1. The van der Waals surface area contributed by atoms with E-state index in [0.717, 1.165) is 31.5 Å². The van der Waals surface area contributed by atoms with E-state index in [-0.39, 0.29) is 18.2 Å². The van der Waals surface area contributed by atoms with Crippen LogP contribution in [0.1, 0.15) is 31.7 Å². The molecule has 116 valence electrons. The summed E-state index contributed by atoms with van der Waals surface area (Å²) in [6.07, 6.45) is 2.35. The lowest BCUT2D eigenvalue weighted by atomic mass is 9.84. The normalized spacial score (nSPS) is 21.2. The van der Waals surface area contributed by atoms with Gasteiger partial charge in [0.05, 0.1) is 0 Å². The molecule has 1 heterocycles. The van der Waals surface area contributed by atoms with Crippen molar-refractivity contribution in [2.45, 2.75) is 32.7 Å². The van der Waals surface area contributed by atoms with Crippen LogP contribution < -0.4 is 0 Å². The molecule has 1 aromatic carbocycles. The molecule has 2 rings (SSSR count). The topological polar surface area (TPSA) is 40.5 Å². The second kappa shape index (κ2) is 7.23. The third-order valence-corrected chi connectivity index (χ3v) is 4.60. The fraction of sp³-hybridized carbons (Fsp3) is 0.562. The van der Waals surface area contributed by atoms with Crippen LogP contribution in [0.4, 0.5) is 4.39 Å². The number of hydrogen-bond donors (Lipinski definition) is 1. The summed E-state index contributed by atoms with van der Waals surface area (Å²) in [5, 5.41) is 9.37. The van der Waals surface area contributed by atoms with Gasteiger partial charge in [-0.25, -0.2) is 4.39 Å². The molecule has 0 amide bonds. The Bertz CT molecular complexity index is 509. The average Bonchev–Trinajstić information content (AvgIpc) is 2.41. The lowest BCUT2D eigenvalue weighted by Crippen LogP contribution is -2.37. The molecule has 0 bridgehead atoms. The van der Waals surface area contributed by atoms with E-state index in [4.69, 9.17) is 16.7 Å². The quantitative estimate of drug-likeness (QED) is 0.899. The predicted molar refractivity (Wildman–Crippen MR) is 80.8 cm³/mol. The van der Waals surface area contributed by atoms with Gasteiger partial charge in [-0.2, -0.15) is 0 Å². The van der Waals surface area contributed by atoms with Crippen molar-refractivity contribution in [2.75, 3.05) is 13.1 Å². The van der Waals surface area contributed by atoms with Gasteiger partial charge in [-0.05, 0) is 48.9 Å². The summed E-state index contributed by atoms with van der Waals surface area (Å²) in [4.78, 5) is 13.1. The molecule has 1 aliphatic heterocycles. The number of likely N-dealkylation sites (tertiary alicyclic amines) is 1. The molecule has 3 nitrogen and oxygen atoms in total. The van der Waals surface area contributed by atoms with Crippen molar-refractivity contribution >= 4 is 17.6 Å². The summed E-state index contributed by atoms with van der Waals surface area (Å²) >= 11 is 6.07. The molecule has 1 fully saturated rings. The van der Waals surface area contributed by atoms with Gasteiger partial charge in [0.1, 0.15) is 5.82 Å². The Balaban J connectivity index is 1.96. The first-order chi connectivity index (χ1) is 9.95. The van der Waals surface area contributed by atoms with Crippen molar-refractivity contribution in [3.63, 3.8) is 0 Å². The molecule has 0 spiro atoms. The number of hydrogen-bond acceptors (Lipinski definition) is 2. The maximum Gasteiger partial charge on any atom is 0.303 e. The minimum Gasteiger partial charge on any atom is -0.481 e. The van der Waals surface area contributed by atoms with E-state index in [1.807, 2.05) is 6.92 Å². The molecule has 1 saturated heterocycles. The van der Waals surface area contributed by atoms with Crippen LogP contribution in [-0.2, 0) is 11.3 Å². The number of rotatable bonds is 5. The molecule has 0 aromatic heterocycles. The standard InChI is InChI=1S/C16H21ClFNO2/c1-11(7-16(20)21)12-3-2-6-19(9-12)10-13-4-5-14(18)8-15(13)17/h4-5,8,11-12H,2-3,6-7,9-10H2,1H3,(H,20,21). The van der Waals surface area contributed by atoms with Crippen molar-refractivity contribution in [2.24, 2.45) is 11.8 Å². The summed E-state index contributed by atoms with van der Waals surface area (Å²) in [5.41, 5.74) is 0.921. The van der Waals surface area contributed by atoms with Gasteiger partial charge in [-0.15, -0.1) is 0 Å². The third kappa shape index (κ3) is 4.68. The molecule has 5 heteroatoms. The molecule has 2 unspecified atom stereocenters. The van der Waals surface area contributed by atoms with Gasteiger partial charge in [0.25, 0.3) is 0 Å². The molecular weight excluding hydrogens is 293 g/mol. The highest BCUT2D eigenvalue weighted by Crippen LogP contribution is 2.28. The Hall–Kier alpha value is -1.13. The van der Waals surface area contributed by atoms with Crippen molar-refractivity contribution in [1.29, 1.82) is 0 Å². The number of aliphatic carboxylic acids is 1. The number of benzene rings is 1. The van der Waals surface area contributed by atoms with Gasteiger partial charge in [-0.3, -0.25) is 9.69 Å². The molecule has 0 radical (unpaired) electrons. The van der Waals surface area contributed by atoms with Crippen LogP contribution in [0.15, 0.2) is 18.2 Å². The maximum absolute atomic E-state index is 13.1. The van der Waals surface area contributed by atoms with Gasteiger partial charge < -0.3 is 5.11 Å². The van der Waals surface area contributed by atoms with Gasteiger partial charge in [0.2, 0.25) is 0 Å². The van der Waals surface area contributed by atoms with E-state index in [1.54, 1.807) is 6.07 Å². The minimum atomic E-state index is -0.735. The summed E-state index contributed by atoms with van der Waals surface area (Å²) in [5.74, 6) is -0.486. The zero-order chi connectivity index (χ0) is 15.4. The third-order valence-electron chi connectivity index (χ3n) is 4.25. The van der Waals surface area contributed by atoms with Crippen LogP contribution >= 0.6 is 11.6 Å². The highest BCUT2D eigenvalue weighted by atomic mass is 35.5. The Kier molecular flexibility index (Phi) is 5.59. The van der Waals surface area contributed by atoms with Gasteiger partial charge in [0.15, 0.2) is 0 Å². The number of carboxylic acid groups (broad SMARTS) is 1. The van der Waals surface area contributed by atoms with E-state index in [9.17, 15) is 9.18 Å². The Morgan fingerprint density at radius 1 is 1.57 bits per heavy atom. The molecule has 0 aliphatic carbocycles. The average molecular weight is 314 g/mol. The zero-order valence-electron chi connectivity index (χ0n) is 12.2. The fourth-order valence-electron chi connectivity index (χ4n) is 3.03. The summed E-state index contributed by atoms with van der Waals surface area (Å²) in [7, 11) is 0. The van der Waals surface area contributed by atoms with E-state index >= 15 is 0 Å². The first-order valence-electron chi connectivity index (χ1n) is 7.33. The van der Waals surface area contributed by atoms with Crippen LogP contribution in [-0.4, -0.2) is 29.1 Å². The smallest absolute Gasteiger partial charge is 0.303 e. The van der Waals surface area contributed by atoms with Crippen LogP contribution in [0.2, 0.25) is 5.02 Å². The van der Waals surface area contributed by atoms with E-state index in [2.05, 4.69) is 4.90 Å². The zero-order valence-corrected chi connectivity index (χ0v) is 12.9. The van der Waals surface area contributed by atoms with Crippen molar-refractivity contribution in [3.05, 3.63) is 34.6 Å². The molecule has 1 aromatic rings. The van der Waals surface area contributed by atoms with Crippen LogP contribution in [0.25, 0.3) is 0 Å². The van der Waals surface area contributed by atoms with Crippen molar-refractivity contribution < 1.29 is 14.3 Å². The minimum absolute atomic E-state index is 0.175. The summed E-state index contributed by atoms with van der Waals surface area (Å²) < 4.78 is 13.1. The number of carboxylic acids is 1. The van der Waals surface area contributed by atoms with E-state index in [0.29, 0.717) is 17.5 Å². The molecule has 1 N–H and O–H groups in total. The summed E-state index contributed by atoms with van der Waals surface area (Å²) in [6, 6.07) is 4.49. The Morgan fingerprint density at radius 2 is 2.33 bits per heavy atom. The summed E-state index contributed by atoms with van der Waals surface area (Å²) in [6.45, 7) is 4.55. The van der Waals surface area contributed by atoms with Crippen molar-refractivity contribution in [1.82, 2.24) is 4.90 Å². The van der Waals surface area contributed by atoms with Crippen LogP contribution in [0.5, 0.6) is 0 Å². The number of carbonyl (C=O) groups is 1. The lowest BCUT2D eigenvalue weighted by Gasteiger charge is -2.35. The van der Waals surface area contributed by atoms with Gasteiger partial charge in [-0.1, -0.05) is 24.6 Å². The first-order valence-corrected chi connectivity index (χ1v) is 7.71. The molecule has 0 saturated carbocycles. The monoisotopic (exact) mass is 313 g/mol. The second-order valence-corrected chi connectivity index (χ2v) is 6.36. The van der Waals surface area contributed by atoms with E-state index in [1.165, 1.54) is 12.1 Å². The Morgan fingerprint density at radius 3 is 3.00 bits per heavy atom. The number of nitrogens with zero attached hydrogens (tertiary/aromatic N) is 1. The predicted octanol–water partition coefficient (Wildman–Crippen LogP) is 3.80. The maximum atomic E-state index is 13.1. The molecule has 2 atom stereocenters. The SMILES string of the molecule is CC(CC(=O)O)C1CCCN(Cc2ccc(F)cc2Cl)C1. The van der Waals surface area contributed by atoms with Crippen molar-refractivity contribution in [3.8, 4) is 0 Å². The highest BCUT2D eigenvalue weighted by Gasteiger charge is 2.26. The largest absolute Gasteiger partial charge is 0.481 e. The molecule has 21 heavy (non-hydrogen) atoms. The first kappa shape index (κ1) is 16.2. The van der Waals surface area contributed by atoms with Gasteiger partial charge in [0, 0.05) is 24.5 Å². The van der Waals surface area contributed by atoms with Crippen LogP contribution in [0.3, 0.4) is 0 Å². The Labute approximate surface area is 129 Å². The lowest BCUT2D eigenvalue weighted by molar-refractivity contribution is -0.138. The second-order valence-electron chi connectivity index (χ2n) is 5.95. The number of halogens is 2. The van der Waals surface area contributed by atoms with Crippen LogP contribution in [0, 0.1) is 17.7 Å². The molecule has 1 aliphatic rings. The van der Waals surface area contributed by atoms with Gasteiger partial charge >= 0.3 is 5.97 Å². The highest BCUT2D eigenvalue weighted by molar-refractivity contribution is 6.31.